The van der Waals surface area contributed by atoms with E-state index in [1.54, 1.807) is 13.2 Å². The first-order valence-electron chi connectivity index (χ1n) is 7.15. The van der Waals surface area contributed by atoms with Crippen LogP contribution in [0.25, 0.3) is 0 Å². The van der Waals surface area contributed by atoms with Crippen molar-refractivity contribution in [3.05, 3.63) is 12.3 Å². The Morgan fingerprint density at radius 1 is 1.55 bits per heavy atom. The van der Waals surface area contributed by atoms with E-state index in [2.05, 4.69) is 5.10 Å². The van der Waals surface area contributed by atoms with Crippen LogP contribution in [0.4, 0.5) is 5.82 Å². The highest BCUT2D eigenvalue weighted by Gasteiger charge is 2.36. The molecule has 6 nitrogen and oxygen atoms in total. The van der Waals surface area contributed by atoms with Crippen molar-refractivity contribution in [3.8, 4) is 0 Å². The van der Waals surface area contributed by atoms with Gasteiger partial charge in [0.15, 0.2) is 0 Å². The van der Waals surface area contributed by atoms with Crippen molar-refractivity contribution in [2.75, 3.05) is 25.9 Å². The zero-order valence-corrected chi connectivity index (χ0v) is 12.5. The lowest BCUT2D eigenvalue weighted by atomic mass is 9.98. The number of amides is 1. The average Bonchev–Trinajstić information content (AvgIpc) is 2.92. The highest BCUT2D eigenvalue weighted by atomic mass is 16.5. The van der Waals surface area contributed by atoms with Crippen LogP contribution in [0.3, 0.4) is 0 Å². The molecule has 2 rings (SSSR count). The number of likely N-dealkylation sites (tertiary alicyclic amines) is 1. The van der Waals surface area contributed by atoms with E-state index in [-0.39, 0.29) is 5.91 Å². The molecule has 112 valence electrons. The number of piperidine rings is 1. The number of hydrogen-bond donors (Lipinski definition) is 1. The van der Waals surface area contributed by atoms with Crippen molar-refractivity contribution < 1.29 is 9.53 Å². The van der Waals surface area contributed by atoms with Crippen LogP contribution in [0, 0.1) is 0 Å². The van der Waals surface area contributed by atoms with Gasteiger partial charge in [-0.3, -0.25) is 9.48 Å². The van der Waals surface area contributed by atoms with Gasteiger partial charge in [0.25, 0.3) is 5.91 Å². The van der Waals surface area contributed by atoms with Gasteiger partial charge in [-0.05, 0) is 32.3 Å². The van der Waals surface area contributed by atoms with E-state index in [0.29, 0.717) is 18.3 Å². The molecule has 1 aromatic heterocycles. The van der Waals surface area contributed by atoms with E-state index < -0.39 is 5.60 Å². The summed E-state index contributed by atoms with van der Waals surface area (Å²) >= 11 is 0. The van der Waals surface area contributed by atoms with Crippen molar-refractivity contribution in [1.82, 2.24) is 14.7 Å². The molecular formula is C14H24N4O2. The number of rotatable bonds is 4. The molecule has 1 unspecified atom stereocenters. The van der Waals surface area contributed by atoms with E-state index in [1.807, 2.05) is 29.6 Å². The molecule has 6 heteroatoms. The predicted molar refractivity (Wildman–Crippen MR) is 77.2 cm³/mol. The number of nitrogen functional groups attached to an aromatic ring is 1. The van der Waals surface area contributed by atoms with Crippen LogP contribution in [0.5, 0.6) is 0 Å². The second-order valence-corrected chi connectivity index (χ2v) is 5.53. The molecule has 0 saturated carbocycles. The first-order chi connectivity index (χ1) is 9.50. The molecule has 1 saturated heterocycles. The molecule has 1 amide bonds. The fraction of sp³-hybridized carbons (Fsp3) is 0.714. The summed E-state index contributed by atoms with van der Waals surface area (Å²) < 4.78 is 7.30. The molecule has 0 aromatic carbocycles. The Bertz CT molecular complexity index is 459. The third kappa shape index (κ3) is 2.80. The first kappa shape index (κ1) is 14.8. The summed E-state index contributed by atoms with van der Waals surface area (Å²) in [6, 6.07) is 2.13. The van der Waals surface area contributed by atoms with Crippen molar-refractivity contribution >= 4 is 11.7 Å². The monoisotopic (exact) mass is 280 g/mol. The fourth-order valence-electron chi connectivity index (χ4n) is 2.61. The second kappa shape index (κ2) is 5.83. The lowest BCUT2D eigenvalue weighted by Crippen LogP contribution is -2.50. The maximum atomic E-state index is 12.5. The van der Waals surface area contributed by atoms with Crippen LogP contribution in [0.1, 0.15) is 39.2 Å². The Morgan fingerprint density at radius 3 is 2.65 bits per heavy atom. The molecular weight excluding hydrogens is 256 g/mol. The summed E-state index contributed by atoms with van der Waals surface area (Å²) in [4.78, 5) is 14.4. The molecule has 0 radical (unpaired) electrons. The molecule has 1 atom stereocenters. The topological polar surface area (TPSA) is 73.4 Å². The van der Waals surface area contributed by atoms with Gasteiger partial charge in [-0.25, -0.2) is 0 Å². The van der Waals surface area contributed by atoms with Crippen molar-refractivity contribution in [1.29, 1.82) is 0 Å². The molecule has 0 bridgehead atoms. The van der Waals surface area contributed by atoms with Crippen molar-refractivity contribution in [2.45, 2.75) is 44.8 Å². The molecule has 1 aliphatic heterocycles. The van der Waals surface area contributed by atoms with Gasteiger partial charge in [0, 0.05) is 26.4 Å². The Morgan fingerprint density at radius 2 is 2.20 bits per heavy atom. The molecule has 0 spiro atoms. The third-order valence-electron chi connectivity index (χ3n) is 4.33. The number of aromatic nitrogens is 2. The van der Waals surface area contributed by atoms with E-state index >= 15 is 0 Å². The van der Waals surface area contributed by atoms with Gasteiger partial charge in [-0.15, -0.1) is 0 Å². The van der Waals surface area contributed by atoms with E-state index in [9.17, 15) is 4.79 Å². The molecule has 1 fully saturated rings. The third-order valence-corrected chi connectivity index (χ3v) is 4.33. The lowest BCUT2D eigenvalue weighted by Gasteiger charge is -2.37. The zero-order chi connectivity index (χ0) is 14.8. The van der Waals surface area contributed by atoms with Gasteiger partial charge in [-0.2, -0.15) is 5.10 Å². The summed E-state index contributed by atoms with van der Waals surface area (Å²) in [6.07, 6.45) is 4.38. The summed E-state index contributed by atoms with van der Waals surface area (Å²) in [5.74, 6) is 0.627. The highest BCUT2D eigenvalue weighted by molar-refractivity contribution is 5.84. The Labute approximate surface area is 119 Å². The minimum atomic E-state index is -0.705. The summed E-state index contributed by atoms with van der Waals surface area (Å²) in [5, 5.41) is 4.25. The van der Waals surface area contributed by atoms with Gasteiger partial charge < -0.3 is 15.4 Å². The first-order valence-corrected chi connectivity index (χ1v) is 7.15. The minimum absolute atomic E-state index is 0.0842. The van der Waals surface area contributed by atoms with E-state index in [0.717, 1.165) is 25.9 Å². The second-order valence-electron chi connectivity index (χ2n) is 5.53. The number of ether oxygens (including phenoxy) is 1. The molecule has 2 N–H and O–H groups in total. The number of methoxy groups -OCH3 is 1. The molecule has 0 aliphatic carbocycles. The molecule has 1 aromatic rings. The fourth-order valence-corrected chi connectivity index (χ4v) is 2.61. The van der Waals surface area contributed by atoms with Crippen LogP contribution in [-0.4, -0.2) is 46.4 Å². The smallest absolute Gasteiger partial charge is 0.254 e. The molecule has 2 heterocycles. The predicted octanol–water partition coefficient (Wildman–Crippen LogP) is 1.44. The maximum Gasteiger partial charge on any atom is 0.254 e. The van der Waals surface area contributed by atoms with E-state index in [4.69, 9.17) is 10.5 Å². The van der Waals surface area contributed by atoms with Gasteiger partial charge in [0.2, 0.25) is 0 Å². The normalized spacial score (nSPS) is 19.9. The molecule has 1 aliphatic rings. The Kier molecular flexibility index (Phi) is 4.32. The van der Waals surface area contributed by atoms with E-state index in [1.165, 1.54) is 0 Å². The largest absolute Gasteiger partial charge is 0.382 e. The average molecular weight is 280 g/mol. The number of hydrogen-bond acceptors (Lipinski definition) is 4. The maximum absolute atomic E-state index is 12.5. The zero-order valence-electron chi connectivity index (χ0n) is 12.5. The van der Waals surface area contributed by atoms with Crippen LogP contribution >= 0.6 is 0 Å². The number of carbonyl (C=O) groups excluding carboxylic acids is 1. The van der Waals surface area contributed by atoms with Crippen LogP contribution in [0.2, 0.25) is 0 Å². The van der Waals surface area contributed by atoms with Crippen LogP contribution in [-0.2, 0) is 9.53 Å². The minimum Gasteiger partial charge on any atom is -0.382 e. The standard InChI is InChI=1S/C14H24N4O2/c1-4-14(2,20-3)13(19)17-8-5-11(6-9-17)18-10-7-12(15)16-18/h7,10-11H,4-6,8-9H2,1-3H3,(H2,15,16). The number of nitrogens with zero attached hydrogens (tertiary/aromatic N) is 3. The van der Waals surface area contributed by atoms with Crippen molar-refractivity contribution in [2.24, 2.45) is 0 Å². The summed E-state index contributed by atoms with van der Waals surface area (Å²) in [6.45, 7) is 5.31. The van der Waals surface area contributed by atoms with Gasteiger partial charge >= 0.3 is 0 Å². The van der Waals surface area contributed by atoms with Gasteiger partial charge in [0.05, 0.1) is 6.04 Å². The van der Waals surface area contributed by atoms with Crippen LogP contribution in [0.15, 0.2) is 12.3 Å². The number of carbonyl (C=O) groups is 1. The number of anilines is 1. The van der Waals surface area contributed by atoms with Crippen molar-refractivity contribution in [3.63, 3.8) is 0 Å². The number of nitrogens with two attached hydrogens (primary N) is 1. The summed E-state index contributed by atoms with van der Waals surface area (Å²) in [7, 11) is 1.60. The van der Waals surface area contributed by atoms with Gasteiger partial charge in [0.1, 0.15) is 11.4 Å². The van der Waals surface area contributed by atoms with Gasteiger partial charge in [-0.1, -0.05) is 6.92 Å². The lowest BCUT2D eigenvalue weighted by molar-refractivity contribution is -0.154. The Hall–Kier alpha value is -1.56. The Balaban J connectivity index is 1.96. The SMILES string of the molecule is CCC(C)(OC)C(=O)N1CCC(n2ccc(N)n2)CC1. The molecule has 20 heavy (non-hydrogen) atoms. The highest BCUT2D eigenvalue weighted by Crippen LogP contribution is 2.26. The quantitative estimate of drug-likeness (QED) is 0.906. The summed E-state index contributed by atoms with van der Waals surface area (Å²) in [5.41, 5.74) is 4.94. The van der Waals surface area contributed by atoms with Crippen LogP contribution < -0.4 is 5.73 Å².